The lowest BCUT2D eigenvalue weighted by Crippen LogP contribution is -2.54. The molecule has 0 saturated carbocycles. The van der Waals surface area contributed by atoms with Gasteiger partial charge in [-0.3, -0.25) is 9.88 Å². The van der Waals surface area contributed by atoms with Gasteiger partial charge in [0.05, 0.1) is 5.69 Å². The molecule has 4 heteroatoms. The van der Waals surface area contributed by atoms with Crippen LogP contribution >= 0.6 is 0 Å². The van der Waals surface area contributed by atoms with Crippen LogP contribution < -0.4 is 5.32 Å². The van der Waals surface area contributed by atoms with Crippen LogP contribution in [0.15, 0.2) is 24.4 Å². The Morgan fingerprint density at radius 3 is 2.78 bits per heavy atom. The summed E-state index contributed by atoms with van der Waals surface area (Å²) in [6, 6.07) is 5.76. The van der Waals surface area contributed by atoms with Crippen LogP contribution in [0.5, 0.6) is 0 Å². The zero-order chi connectivity index (χ0) is 12.8. The first kappa shape index (κ1) is 13.5. The normalized spacial score (nSPS) is 20.6. The summed E-state index contributed by atoms with van der Waals surface area (Å²) in [7, 11) is 0. The lowest BCUT2D eigenvalue weighted by Gasteiger charge is -2.41. The second kappa shape index (κ2) is 6.27. The molecule has 2 heterocycles. The fourth-order valence-corrected chi connectivity index (χ4v) is 2.51. The largest absolute Gasteiger partial charge is 0.370 e. The number of piperazine rings is 1. The molecule has 1 aromatic heterocycles. The minimum atomic E-state index is -0.903. The van der Waals surface area contributed by atoms with Crippen molar-refractivity contribution in [2.45, 2.75) is 31.9 Å². The van der Waals surface area contributed by atoms with Crippen molar-refractivity contribution in [2.24, 2.45) is 0 Å². The van der Waals surface area contributed by atoms with Gasteiger partial charge in [-0.05, 0) is 25.0 Å². The highest BCUT2D eigenvalue weighted by Crippen LogP contribution is 2.30. The first-order valence-corrected chi connectivity index (χ1v) is 6.87. The summed E-state index contributed by atoms with van der Waals surface area (Å²) in [5, 5.41) is 14.4. The van der Waals surface area contributed by atoms with E-state index in [1.54, 1.807) is 6.20 Å². The van der Waals surface area contributed by atoms with Gasteiger partial charge in [-0.1, -0.05) is 19.4 Å². The third-order valence-corrected chi connectivity index (χ3v) is 3.59. The first-order chi connectivity index (χ1) is 8.77. The maximum Gasteiger partial charge on any atom is 0.161 e. The molecule has 0 amide bonds. The van der Waals surface area contributed by atoms with Gasteiger partial charge < -0.3 is 10.4 Å². The Balaban J connectivity index is 2.21. The second-order valence-corrected chi connectivity index (χ2v) is 4.87. The summed E-state index contributed by atoms with van der Waals surface area (Å²) in [6.07, 6.45) is 4.60. The number of pyridine rings is 1. The number of aromatic nitrogens is 1. The van der Waals surface area contributed by atoms with E-state index >= 15 is 0 Å². The van der Waals surface area contributed by atoms with Crippen molar-refractivity contribution < 1.29 is 5.11 Å². The van der Waals surface area contributed by atoms with Crippen LogP contribution in [0.25, 0.3) is 0 Å². The van der Waals surface area contributed by atoms with Gasteiger partial charge in [0.2, 0.25) is 0 Å². The zero-order valence-corrected chi connectivity index (χ0v) is 11.1. The summed E-state index contributed by atoms with van der Waals surface area (Å²) in [5.41, 5.74) is -0.125. The fraction of sp³-hybridized carbons (Fsp3) is 0.643. The van der Waals surface area contributed by atoms with E-state index < -0.39 is 5.72 Å². The predicted octanol–water partition coefficient (Wildman–Crippen LogP) is 1.32. The monoisotopic (exact) mass is 249 g/mol. The van der Waals surface area contributed by atoms with Crippen LogP contribution in [0.4, 0.5) is 0 Å². The van der Waals surface area contributed by atoms with Crippen molar-refractivity contribution in [1.29, 1.82) is 0 Å². The van der Waals surface area contributed by atoms with E-state index in [-0.39, 0.29) is 0 Å². The summed E-state index contributed by atoms with van der Waals surface area (Å²) in [5.74, 6) is 0. The fourth-order valence-electron chi connectivity index (χ4n) is 2.51. The highest BCUT2D eigenvalue weighted by atomic mass is 16.3. The lowest BCUT2D eigenvalue weighted by atomic mass is 9.98. The molecule has 1 aromatic rings. The van der Waals surface area contributed by atoms with Gasteiger partial charge in [-0.2, -0.15) is 0 Å². The Kier molecular flexibility index (Phi) is 4.69. The predicted molar refractivity (Wildman–Crippen MR) is 72.1 cm³/mol. The van der Waals surface area contributed by atoms with E-state index in [0.29, 0.717) is 0 Å². The number of nitrogens with one attached hydrogen (secondary N) is 1. The molecule has 1 aliphatic rings. The van der Waals surface area contributed by atoms with E-state index in [4.69, 9.17) is 0 Å². The molecule has 4 nitrogen and oxygen atoms in total. The molecule has 0 aliphatic carbocycles. The van der Waals surface area contributed by atoms with Crippen LogP contribution in [0.1, 0.15) is 31.9 Å². The van der Waals surface area contributed by atoms with Crippen LogP contribution in [0.2, 0.25) is 0 Å². The van der Waals surface area contributed by atoms with Gasteiger partial charge >= 0.3 is 0 Å². The van der Waals surface area contributed by atoms with Crippen LogP contribution in [0, 0.1) is 0 Å². The zero-order valence-electron chi connectivity index (χ0n) is 11.1. The van der Waals surface area contributed by atoms with Crippen molar-refractivity contribution >= 4 is 0 Å². The van der Waals surface area contributed by atoms with E-state index in [1.165, 1.54) is 0 Å². The van der Waals surface area contributed by atoms with Crippen molar-refractivity contribution in [3.05, 3.63) is 30.1 Å². The Hall–Kier alpha value is -0.970. The highest BCUT2D eigenvalue weighted by molar-refractivity contribution is 5.12. The Bertz CT molecular complexity index is 351. The number of hydrogen-bond donors (Lipinski definition) is 2. The van der Waals surface area contributed by atoms with Gasteiger partial charge in [0.1, 0.15) is 0 Å². The smallest absolute Gasteiger partial charge is 0.161 e. The maximum atomic E-state index is 11.1. The molecular weight excluding hydrogens is 226 g/mol. The van der Waals surface area contributed by atoms with Gasteiger partial charge in [-0.25, -0.2) is 0 Å². The third kappa shape index (κ3) is 2.88. The molecule has 1 unspecified atom stereocenters. The van der Waals surface area contributed by atoms with E-state index in [0.717, 1.165) is 51.1 Å². The van der Waals surface area contributed by atoms with E-state index in [9.17, 15) is 5.11 Å². The van der Waals surface area contributed by atoms with E-state index in [1.807, 2.05) is 18.2 Å². The summed E-state index contributed by atoms with van der Waals surface area (Å²) < 4.78 is 0. The molecule has 0 aromatic carbocycles. The van der Waals surface area contributed by atoms with Crippen molar-refractivity contribution in [3.8, 4) is 0 Å². The maximum absolute atomic E-state index is 11.1. The summed E-state index contributed by atoms with van der Waals surface area (Å²) >= 11 is 0. The van der Waals surface area contributed by atoms with Gasteiger partial charge in [-0.15, -0.1) is 0 Å². The van der Waals surface area contributed by atoms with Crippen molar-refractivity contribution in [1.82, 2.24) is 15.2 Å². The molecule has 18 heavy (non-hydrogen) atoms. The van der Waals surface area contributed by atoms with Gasteiger partial charge in [0.15, 0.2) is 5.72 Å². The van der Waals surface area contributed by atoms with Crippen LogP contribution in [-0.2, 0) is 5.72 Å². The quantitative estimate of drug-likeness (QED) is 0.826. The first-order valence-electron chi connectivity index (χ1n) is 6.87. The van der Waals surface area contributed by atoms with Crippen molar-refractivity contribution in [3.63, 3.8) is 0 Å². The number of rotatable bonds is 5. The molecule has 2 rings (SSSR count). The molecule has 1 atom stereocenters. The Labute approximate surface area is 109 Å². The molecule has 0 radical (unpaired) electrons. The molecule has 0 spiro atoms. The number of hydrogen-bond acceptors (Lipinski definition) is 4. The second-order valence-electron chi connectivity index (χ2n) is 4.87. The van der Waals surface area contributed by atoms with Gasteiger partial charge in [0.25, 0.3) is 0 Å². The molecule has 1 saturated heterocycles. The van der Waals surface area contributed by atoms with Crippen LogP contribution in [-0.4, -0.2) is 41.2 Å². The van der Waals surface area contributed by atoms with Gasteiger partial charge in [0, 0.05) is 32.4 Å². The summed E-state index contributed by atoms with van der Waals surface area (Å²) in [4.78, 5) is 6.52. The molecule has 100 valence electrons. The minimum Gasteiger partial charge on any atom is -0.370 e. The topological polar surface area (TPSA) is 48.4 Å². The Morgan fingerprint density at radius 1 is 1.39 bits per heavy atom. The molecule has 1 aliphatic heterocycles. The molecular formula is C14H23N3O. The summed E-state index contributed by atoms with van der Waals surface area (Å²) in [6.45, 7) is 5.76. The highest BCUT2D eigenvalue weighted by Gasteiger charge is 2.37. The minimum absolute atomic E-state index is 0.751. The van der Waals surface area contributed by atoms with Crippen LogP contribution in [0.3, 0.4) is 0 Å². The standard InChI is InChI=1S/C14H23N3O/c1-2-3-7-14(18,13-6-4-5-8-16-13)17-11-9-15-10-12-17/h4-6,8,15,18H,2-3,7,9-12H2,1H3. The number of unbranched alkanes of at least 4 members (excludes halogenated alkanes) is 1. The van der Waals surface area contributed by atoms with E-state index in [2.05, 4.69) is 22.1 Å². The lowest BCUT2D eigenvalue weighted by molar-refractivity contribution is -0.131. The van der Waals surface area contributed by atoms with Crippen molar-refractivity contribution in [2.75, 3.05) is 26.2 Å². The molecule has 1 fully saturated rings. The number of nitrogens with zero attached hydrogens (tertiary/aromatic N) is 2. The average molecular weight is 249 g/mol. The average Bonchev–Trinajstić information content (AvgIpc) is 2.46. The SMILES string of the molecule is CCCCC(O)(c1ccccn1)N1CCNCC1. The molecule has 2 N–H and O–H groups in total. The number of aliphatic hydroxyl groups is 1. The molecule has 0 bridgehead atoms. The third-order valence-electron chi connectivity index (χ3n) is 3.59. The Morgan fingerprint density at radius 2 is 2.17 bits per heavy atom.